The van der Waals surface area contributed by atoms with Crippen molar-refractivity contribution >= 4 is 27.3 Å². The highest BCUT2D eigenvalue weighted by atomic mass is 32.2. The van der Waals surface area contributed by atoms with Crippen molar-refractivity contribution < 1.29 is 17.9 Å². The number of sulfonamides is 1. The largest absolute Gasteiger partial charge is 0.476 e. The summed E-state index contributed by atoms with van der Waals surface area (Å²) in [5.41, 5.74) is 3.36. The van der Waals surface area contributed by atoms with Gasteiger partial charge in [-0.15, -0.1) is 0 Å². The number of nitrogens with zero attached hydrogens (tertiary/aromatic N) is 2. The summed E-state index contributed by atoms with van der Waals surface area (Å²) in [5, 5.41) is 0. The lowest BCUT2D eigenvalue weighted by Gasteiger charge is -2.36. The molecule has 4 rings (SSSR count). The van der Waals surface area contributed by atoms with Crippen molar-refractivity contribution in [3.05, 3.63) is 53.6 Å². The lowest BCUT2D eigenvalue weighted by Crippen LogP contribution is -2.51. The zero-order chi connectivity index (χ0) is 21.0. The average Bonchev–Trinajstić information content (AvgIpc) is 3.08. The van der Waals surface area contributed by atoms with E-state index in [4.69, 9.17) is 4.74 Å². The Morgan fingerprint density at radius 3 is 2.52 bits per heavy atom. The molecule has 0 aliphatic carbocycles. The molecule has 154 valence electrons. The number of para-hydroxylation sites is 1. The molecule has 2 heterocycles. The molecule has 1 unspecified atom stereocenters. The van der Waals surface area contributed by atoms with Crippen molar-refractivity contribution in [2.45, 2.75) is 38.7 Å². The fourth-order valence-electron chi connectivity index (χ4n) is 3.90. The third-order valence-corrected chi connectivity index (χ3v) is 6.67. The van der Waals surface area contributed by atoms with Crippen LogP contribution in [0.1, 0.15) is 31.9 Å². The summed E-state index contributed by atoms with van der Waals surface area (Å²) < 4.78 is 32.4. The van der Waals surface area contributed by atoms with Crippen LogP contribution in [0.2, 0.25) is 0 Å². The molecule has 0 radical (unpaired) electrons. The predicted octanol–water partition coefficient (Wildman–Crippen LogP) is 3.10. The molecule has 2 aromatic carbocycles. The van der Waals surface area contributed by atoms with Crippen LogP contribution in [-0.4, -0.2) is 39.8 Å². The van der Waals surface area contributed by atoms with E-state index in [1.54, 1.807) is 11.0 Å². The summed E-state index contributed by atoms with van der Waals surface area (Å²) in [6, 6.07) is 13.3. The van der Waals surface area contributed by atoms with Crippen molar-refractivity contribution in [2.75, 3.05) is 28.6 Å². The second kappa shape index (κ2) is 6.76. The fraction of sp³-hybridized carbons (Fsp3) is 0.409. The highest BCUT2D eigenvalue weighted by Gasteiger charge is 2.39. The average molecular weight is 415 g/mol. The van der Waals surface area contributed by atoms with E-state index >= 15 is 0 Å². The van der Waals surface area contributed by atoms with Crippen LogP contribution >= 0.6 is 0 Å². The van der Waals surface area contributed by atoms with Crippen LogP contribution in [0.3, 0.4) is 0 Å². The van der Waals surface area contributed by atoms with E-state index < -0.39 is 16.1 Å². The standard InChI is InChI=1S/C22H26N2O4S/c1-22(2,3)16-9-10-19-18(13-16)24(29(4,26)27)14-20(28-19)21(25)23-12-11-15-7-5-6-8-17(15)23/h5-10,13,20H,11-12,14H2,1-4H3. The van der Waals surface area contributed by atoms with Crippen molar-refractivity contribution in [1.29, 1.82) is 0 Å². The molecule has 29 heavy (non-hydrogen) atoms. The van der Waals surface area contributed by atoms with Gasteiger partial charge in [-0.1, -0.05) is 45.0 Å². The van der Waals surface area contributed by atoms with E-state index in [-0.39, 0.29) is 17.9 Å². The van der Waals surface area contributed by atoms with E-state index in [0.29, 0.717) is 18.0 Å². The molecule has 2 aliphatic heterocycles. The minimum absolute atomic E-state index is 0.0308. The molecule has 2 aromatic rings. The van der Waals surface area contributed by atoms with Gasteiger partial charge in [0.05, 0.1) is 18.5 Å². The van der Waals surface area contributed by atoms with Crippen LogP contribution in [0, 0.1) is 0 Å². The topological polar surface area (TPSA) is 66.9 Å². The number of rotatable bonds is 2. The molecule has 7 heteroatoms. The minimum Gasteiger partial charge on any atom is -0.476 e. The van der Waals surface area contributed by atoms with Crippen LogP contribution in [0.4, 0.5) is 11.4 Å². The van der Waals surface area contributed by atoms with Gasteiger partial charge < -0.3 is 9.64 Å². The maximum atomic E-state index is 13.3. The molecule has 0 fully saturated rings. The van der Waals surface area contributed by atoms with Crippen LogP contribution in [0.25, 0.3) is 0 Å². The van der Waals surface area contributed by atoms with Gasteiger partial charge >= 0.3 is 0 Å². The number of benzene rings is 2. The third kappa shape index (κ3) is 3.59. The fourth-order valence-corrected chi connectivity index (χ4v) is 4.81. The molecule has 1 atom stereocenters. The summed E-state index contributed by atoms with van der Waals surface area (Å²) in [6.07, 6.45) is 1.07. The molecule has 1 amide bonds. The first-order valence-electron chi connectivity index (χ1n) is 9.74. The molecular weight excluding hydrogens is 388 g/mol. The Bertz CT molecular complexity index is 1070. The van der Waals surface area contributed by atoms with Crippen LogP contribution in [-0.2, 0) is 26.7 Å². The maximum absolute atomic E-state index is 13.3. The smallest absolute Gasteiger partial charge is 0.269 e. The van der Waals surface area contributed by atoms with Gasteiger partial charge in [0, 0.05) is 12.2 Å². The molecule has 0 aromatic heterocycles. The van der Waals surface area contributed by atoms with Crippen LogP contribution in [0.15, 0.2) is 42.5 Å². The summed E-state index contributed by atoms with van der Waals surface area (Å²) in [5.74, 6) is 0.203. The summed E-state index contributed by atoms with van der Waals surface area (Å²) in [4.78, 5) is 15.0. The third-order valence-electron chi connectivity index (χ3n) is 5.52. The zero-order valence-electron chi connectivity index (χ0n) is 17.2. The van der Waals surface area contributed by atoms with Gasteiger partial charge in [0.1, 0.15) is 5.75 Å². The first-order chi connectivity index (χ1) is 13.6. The second-order valence-electron chi connectivity index (χ2n) is 8.70. The molecule has 0 saturated carbocycles. The van der Waals surface area contributed by atoms with Gasteiger partial charge in [0.2, 0.25) is 10.0 Å². The van der Waals surface area contributed by atoms with Crippen LogP contribution in [0.5, 0.6) is 5.75 Å². The summed E-state index contributed by atoms with van der Waals surface area (Å²) in [6.45, 7) is 6.75. The Hall–Kier alpha value is -2.54. The molecule has 0 bridgehead atoms. The lowest BCUT2D eigenvalue weighted by molar-refractivity contribution is -0.125. The number of hydrogen-bond donors (Lipinski definition) is 0. The van der Waals surface area contributed by atoms with Crippen molar-refractivity contribution in [3.8, 4) is 5.75 Å². The number of fused-ring (bicyclic) bond motifs is 2. The molecule has 0 spiro atoms. The zero-order valence-corrected chi connectivity index (χ0v) is 18.0. The predicted molar refractivity (Wildman–Crippen MR) is 114 cm³/mol. The molecular formula is C22H26N2O4S. The van der Waals surface area contributed by atoms with E-state index in [0.717, 1.165) is 23.2 Å². The molecule has 0 N–H and O–H groups in total. The minimum atomic E-state index is -3.57. The van der Waals surface area contributed by atoms with Gasteiger partial charge in [-0.3, -0.25) is 9.10 Å². The second-order valence-corrected chi connectivity index (χ2v) is 10.6. The Morgan fingerprint density at radius 2 is 1.83 bits per heavy atom. The number of amides is 1. The highest BCUT2D eigenvalue weighted by molar-refractivity contribution is 7.92. The van der Waals surface area contributed by atoms with Crippen molar-refractivity contribution in [3.63, 3.8) is 0 Å². The first-order valence-corrected chi connectivity index (χ1v) is 11.6. The van der Waals surface area contributed by atoms with Crippen molar-refractivity contribution in [2.24, 2.45) is 0 Å². The number of carbonyl (C=O) groups excluding carboxylic acids is 1. The SMILES string of the molecule is CC(C)(C)c1ccc2c(c1)N(S(C)(=O)=O)CC(C(=O)N1CCc3ccccc31)O2. The maximum Gasteiger partial charge on any atom is 0.269 e. The molecule has 6 nitrogen and oxygen atoms in total. The van der Waals surface area contributed by atoms with E-state index in [1.165, 1.54) is 10.6 Å². The molecule has 0 saturated heterocycles. The van der Waals surface area contributed by atoms with Gasteiger partial charge in [0.15, 0.2) is 6.10 Å². The highest BCUT2D eigenvalue weighted by Crippen LogP contribution is 2.39. The van der Waals surface area contributed by atoms with E-state index in [9.17, 15) is 13.2 Å². The number of anilines is 2. The van der Waals surface area contributed by atoms with Crippen molar-refractivity contribution in [1.82, 2.24) is 0 Å². The first kappa shape index (κ1) is 19.8. The van der Waals surface area contributed by atoms with Gasteiger partial charge in [-0.05, 0) is 41.2 Å². The van der Waals surface area contributed by atoms with Gasteiger partial charge in [-0.2, -0.15) is 0 Å². The van der Waals surface area contributed by atoms with Crippen LogP contribution < -0.4 is 13.9 Å². The normalized spacial score (nSPS) is 18.8. The van der Waals surface area contributed by atoms with E-state index in [2.05, 4.69) is 20.8 Å². The number of hydrogen-bond acceptors (Lipinski definition) is 4. The van der Waals surface area contributed by atoms with Gasteiger partial charge in [0.25, 0.3) is 5.91 Å². The summed E-state index contributed by atoms with van der Waals surface area (Å²) >= 11 is 0. The Labute approximate surface area is 172 Å². The quantitative estimate of drug-likeness (QED) is 0.757. The lowest BCUT2D eigenvalue weighted by atomic mass is 9.86. The number of ether oxygens (including phenoxy) is 1. The number of carbonyl (C=O) groups is 1. The summed E-state index contributed by atoms with van der Waals surface area (Å²) in [7, 11) is -3.57. The Kier molecular flexibility index (Phi) is 4.61. The Balaban J connectivity index is 1.70. The Morgan fingerprint density at radius 1 is 1.10 bits per heavy atom. The monoisotopic (exact) mass is 414 g/mol. The van der Waals surface area contributed by atoms with E-state index in [1.807, 2.05) is 36.4 Å². The molecule has 2 aliphatic rings. The van der Waals surface area contributed by atoms with Gasteiger partial charge in [-0.25, -0.2) is 8.42 Å².